The lowest BCUT2D eigenvalue weighted by atomic mass is 10.1. The van der Waals surface area contributed by atoms with E-state index in [0.717, 1.165) is 31.7 Å². The van der Waals surface area contributed by atoms with Gasteiger partial charge in [0.15, 0.2) is 0 Å². The van der Waals surface area contributed by atoms with Gasteiger partial charge in [-0.05, 0) is 25.0 Å². The predicted octanol–water partition coefficient (Wildman–Crippen LogP) is 1.64. The van der Waals surface area contributed by atoms with E-state index in [1.807, 2.05) is 18.3 Å². The third kappa shape index (κ3) is 5.43. The largest absolute Gasteiger partial charge is 0.490 e. The standard InChI is InChI=1S/C10H15N3.C2HF3O2/c11-9-4-7-13(8-5-9)10-3-1-2-6-12-10;3-2(4,5)1(6)7/h1-3,6,9H,4-5,7-8,11H2;(H,6,7). The molecule has 0 radical (unpaired) electrons. The quantitative estimate of drug-likeness (QED) is 0.822. The molecule has 2 heterocycles. The molecule has 1 fully saturated rings. The van der Waals surface area contributed by atoms with Crippen molar-refractivity contribution in [2.24, 2.45) is 5.73 Å². The molecule has 0 saturated carbocycles. The number of alkyl halides is 3. The summed E-state index contributed by atoms with van der Waals surface area (Å²) in [5.74, 6) is -1.68. The molecule has 20 heavy (non-hydrogen) atoms. The first kappa shape index (κ1) is 16.2. The van der Waals surface area contributed by atoms with Crippen molar-refractivity contribution in [2.75, 3.05) is 18.0 Å². The van der Waals surface area contributed by atoms with Crippen LogP contribution in [0.15, 0.2) is 24.4 Å². The van der Waals surface area contributed by atoms with E-state index in [-0.39, 0.29) is 0 Å². The van der Waals surface area contributed by atoms with Gasteiger partial charge in [-0.2, -0.15) is 13.2 Å². The molecule has 1 aromatic rings. The molecule has 0 bridgehead atoms. The van der Waals surface area contributed by atoms with Crippen LogP contribution in [-0.2, 0) is 4.79 Å². The molecule has 0 atom stereocenters. The maximum absolute atomic E-state index is 10.6. The normalized spacial score (nSPS) is 16.3. The Morgan fingerprint density at radius 3 is 2.30 bits per heavy atom. The third-order valence-corrected chi connectivity index (χ3v) is 2.76. The van der Waals surface area contributed by atoms with Crippen molar-refractivity contribution in [3.05, 3.63) is 24.4 Å². The lowest BCUT2D eigenvalue weighted by Crippen LogP contribution is -2.39. The minimum atomic E-state index is -5.08. The molecule has 1 aliphatic rings. The SMILES string of the molecule is NC1CCN(c2ccccn2)CC1.O=C(O)C(F)(F)F. The van der Waals surface area contributed by atoms with E-state index < -0.39 is 12.1 Å². The second-order valence-corrected chi connectivity index (χ2v) is 4.32. The maximum Gasteiger partial charge on any atom is 0.490 e. The van der Waals surface area contributed by atoms with E-state index in [1.54, 1.807) is 0 Å². The fraction of sp³-hybridized carbons (Fsp3) is 0.500. The maximum atomic E-state index is 10.6. The molecule has 0 spiro atoms. The lowest BCUT2D eigenvalue weighted by Gasteiger charge is -2.30. The highest BCUT2D eigenvalue weighted by molar-refractivity contribution is 5.73. The summed E-state index contributed by atoms with van der Waals surface area (Å²) in [6.45, 7) is 2.08. The molecular weight excluding hydrogens is 275 g/mol. The van der Waals surface area contributed by atoms with Gasteiger partial charge >= 0.3 is 12.1 Å². The number of carboxylic acid groups (broad SMARTS) is 1. The van der Waals surface area contributed by atoms with Crippen molar-refractivity contribution in [1.29, 1.82) is 0 Å². The molecule has 1 saturated heterocycles. The molecule has 8 heteroatoms. The molecule has 1 aromatic heterocycles. The van der Waals surface area contributed by atoms with E-state index in [4.69, 9.17) is 15.6 Å². The van der Waals surface area contributed by atoms with E-state index in [2.05, 4.69) is 16.0 Å². The van der Waals surface area contributed by atoms with Crippen molar-refractivity contribution in [2.45, 2.75) is 25.1 Å². The lowest BCUT2D eigenvalue weighted by molar-refractivity contribution is -0.192. The second kappa shape index (κ2) is 7.09. The van der Waals surface area contributed by atoms with Crippen LogP contribution in [0.3, 0.4) is 0 Å². The molecule has 3 N–H and O–H groups in total. The smallest absolute Gasteiger partial charge is 0.475 e. The van der Waals surface area contributed by atoms with Crippen LogP contribution in [0.5, 0.6) is 0 Å². The fourth-order valence-corrected chi connectivity index (χ4v) is 1.67. The van der Waals surface area contributed by atoms with Gasteiger partial charge < -0.3 is 15.7 Å². The Labute approximate surface area is 114 Å². The zero-order valence-electron chi connectivity index (χ0n) is 10.7. The number of rotatable bonds is 1. The zero-order chi connectivity index (χ0) is 15.2. The van der Waals surface area contributed by atoms with Crippen LogP contribution in [-0.4, -0.2) is 41.4 Å². The van der Waals surface area contributed by atoms with Gasteiger partial charge in [0.05, 0.1) is 0 Å². The number of carbonyl (C=O) groups is 1. The first-order valence-corrected chi connectivity index (χ1v) is 6.02. The Hall–Kier alpha value is -1.83. The van der Waals surface area contributed by atoms with Crippen molar-refractivity contribution < 1.29 is 23.1 Å². The summed E-state index contributed by atoms with van der Waals surface area (Å²) in [5.41, 5.74) is 5.83. The monoisotopic (exact) mass is 291 g/mol. The van der Waals surface area contributed by atoms with Gasteiger partial charge in [0.2, 0.25) is 0 Å². The number of carboxylic acids is 1. The van der Waals surface area contributed by atoms with Gasteiger partial charge in [-0.15, -0.1) is 0 Å². The van der Waals surface area contributed by atoms with Crippen LogP contribution in [0.2, 0.25) is 0 Å². The number of aromatic nitrogens is 1. The van der Waals surface area contributed by atoms with Crippen LogP contribution < -0.4 is 10.6 Å². The number of hydrogen-bond donors (Lipinski definition) is 2. The molecule has 5 nitrogen and oxygen atoms in total. The predicted molar refractivity (Wildman–Crippen MR) is 67.4 cm³/mol. The van der Waals surface area contributed by atoms with Gasteiger partial charge in [-0.25, -0.2) is 9.78 Å². The molecule has 112 valence electrons. The van der Waals surface area contributed by atoms with Crippen LogP contribution in [0, 0.1) is 0 Å². The topological polar surface area (TPSA) is 79.5 Å². The Morgan fingerprint density at radius 1 is 1.35 bits per heavy atom. The number of piperidine rings is 1. The van der Waals surface area contributed by atoms with Gasteiger partial charge in [0.25, 0.3) is 0 Å². The van der Waals surface area contributed by atoms with Gasteiger partial charge in [0, 0.05) is 25.3 Å². The molecule has 0 aliphatic carbocycles. The van der Waals surface area contributed by atoms with Crippen LogP contribution in [0.25, 0.3) is 0 Å². The zero-order valence-corrected chi connectivity index (χ0v) is 10.7. The van der Waals surface area contributed by atoms with Crippen LogP contribution in [0.4, 0.5) is 19.0 Å². The van der Waals surface area contributed by atoms with Gasteiger partial charge in [-0.1, -0.05) is 6.07 Å². The number of pyridine rings is 1. The molecule has 0 unspecified atom stereocenters. The average molecular weight is 291 g/mol. The molecule has 0 aromatic carbocycles. The van der Waals surface area contributed by atoms with Crippen molar-refractivity contribution in [1.82, 2.24) is 4.98 Å². The highest BCUT2D eigenvalue weighted by Crippen LogP contribution is 2.15. The minimum absolute atomic E-state index is 0.389. The summed E-state index contributed by atoms with van der Waals surface area (Å²) in [4.78, 5) is 15.5. The molecule has 0 amide bonds. The van der Waals surface area contributed by atoms with E-state index >= 15 is 0 Å². The molecule has 1 aliphatic heterocycles. The number of nitrogens with zero attached hydrogens (tertiary/aromatic N) is 2. The Balaban J connectivity index is 0.000000246. The van der Waals surface area contributed by atoms with Crippen LogP contribution >= 0.6 is 0 Å². The molecular formula is C12H16F3N3O2. The summed E-state index contributed by atoms with van der Waals surface area (Å²) in [6.07, 6.45) is -1.09. The Kier molecular flexibility index (Phi) is 5.75. The summed E-state index contributed by atoms with van der Waals surface area (Å²) in [6, 6.07) is 6.41. The van der Waals surface area contributed by atoms with Crippen molar-refractivity contribution in [3.8, 4) is 0 Å². The number of anilines is 1. The first-order valence-electron chi connectivity index (χ1n) is 6.02. The number of aliphatic carboxylic acids is 1. The summed E-state index contributed by atoms with van der Waals surface area (Å²) >= 11 is 0. The first-order chi connectivity index (χ1) is 9.30. The third-order valence-electron chi connectivity index (χ3n) is 2.76. The summed E-state index contributed by atoms with van der Waals surface area (Å²) < 4.78 is 31.7. The highest BCUT2D eigenvalue weighted by Gasteiger charge is 2.38. The summed E-state index contributed by atoms with van der Waals surface area (Å²) in [7, 11) is 0. The van der Waals surface area contributed by atoms with E-state index in [1.165, 1.54) is 0 Å². The van der Waals surface area contributed by atoms with E-state index in [9.17, 15) is 13.2 Å². The Bertz CT molecular complexity index is 418. The Morgan fingerprint density at radius 2 is 1.90 bits per heavy atom. The van der Waals surface area contributed by atoms with Gasteiger partial charge in [0.1, 0.15) is 5.82 Å². The fourth-order valence-electron chi connectivity index (χ4n) is 1.67. The highest BCUT2D eigenvalue weighted by atomic mass is 19.4. The number of hydrogen-bond acceptors (Lipinski definition) is 4. The van der Waals surface area contributed by atoms with Crippen molar-refractivity contribution >= 4 is 11.8 Å². The second-order valence-electron chi connectivity index (χ2n) is 4.32. The number of nitrogens with two attached hydrogens (primary N) is 1. The molecule has 2 rings (SSSR count). The van der Waals surface area contributed by atoms with Gasteiger partial charge in [-0.3, -0.25) is 0 Å². The van der Waals surface area contributed by atoms with Crippen LogP contribution in [0.1, 0.15) is 12.8 Å². The number of halogens is 3. The average Bonchev–Trinajstić information content (AvgIpc) is 2.40. The van der Waals surface area contributed by atoms with E-state index in [0.29, 0.717) is 6.04 Å². The van der Waals surface area contributed by atoms with Crippen molar-refractivity contribution in [3.63, 3.8) is 0 Å². The summed E-state index contributed by atoms with van der Waals surface area (Å²) in [5, 5.41) is 7.12. The minimum Gasteiger partial charge on any atom is -0.475 e.